The summed E-state index contributed by atoms with van der Waals surface area (Å²) in [6, 6.07) is 7.52. The predicted molar refractivity (Wildman–Crippen MR) is 83.2 cm³/mol. The lowest BCUT2D eigenvalue weighted by atomic mass is 10.2. The van der Waals surface area contributed by atoms with Gasteiger partial charge < -0.3 is 5.32 Å². The van der Waals surface area contributed by atoms with Gasteiger partial charge in [0.25, 0.3) is 0 Å². The van der Waals surface area contributed by atoms with Gasteiger partial charge in [-0.25, -0.2) is 0 Å². The molecule has 0 aliphatic heterocycles. The second kappa shape index (κ2) is 7.23. The maximum atomic E-state index is 12.2. The van der Waals surface area contributed by atoms with Crippen LogP contribution >= 0.6 is 11.6 Å². The van der Waals surface area contributed by atoms with E-state index in [2.05, 4.69) is 5.32 Å². The molecule has 0 aromatic heterocycles. The van der Waals surface area contributed by atoms with Crippen LogP contribution in [0.4, 0.5) is 0 Å². The first-order valence-electron chi connectivity index (χ1n) is 6.98. The van der Waals surface area contributed by atoms with Gasteiger partial charge in [-0.2, -0.15) is 0 Å². The van der Waals surface area contributed by atoms with Crippen LogP contribution in [0.5, 0.6) is 0 Å². The molecule has 0 saturated heterocycles. The Labute approximate surface area is 127 Å². The summed E-state index contributed by atoms with van der Waals surface area (Å²) in [5.74, 6) is 0.292. The highest BCUT2D eigenvalue weighted by atomic mass is 35.5. The van der Waals surface area contributed by atoms with Gasteiger partial charge in [0.05, 0.1) is 0 Å². The molecule has 0 unspecified atom stereocenters. The van der Waals surface area contributed by atoms with Gasteiger partial charge in [0.1, 0.15) is 5.25 Å². The Morgan fingerprint density at radius 2 is 1.95 bits per heavy atom. The number of halogens is 1. The summed E-state index contributed by atoms with van der Waals surface area (Å²) in [5, 5.41) is 3.18. The molecule has 110 valence electrons. The maximum Gasteiger partial charge on any atom is 0.235 e. The summed E-state index contributed by atoms with van der Waals surface area (Å²) >= 11 is 5.82. The molecule has 1 aromatic carbocycles. The van der Waals surface area contributed by atoms with Crippen molar-refractivity contribution in [2.24, 2.45) is 0 Å². The first-order chi connectivity index (χ1) is 9.56. The number of nitrogens with one attached hydrogen (secondary N) is 1. The number of carbonyl (C=O) groups is 1. The van der Waals surface area contributed by atoms with Crippen molar-refractivity contribution >= 4 is 28.3 Å². The Kier molecular flexibility index (Phi) is 5.61. The minimum Gasteiger partial charge on any atom is -0.352 e. The van der Waals surface area contributed by atoms with Gasteiger partial charge >= 0.3 is 0 Å². The van der Waals surface area contributed by atoms with Gasteiger partial charge in [0.15, 0.2) is 0 Å². The molecule has 1 aromatic rings. The topological polar surface area (TPSA) is 46.2 Å². The summed E-state index contributed by atoms with van der Waals surface area (Å²) in [6.45, 7) is 1.73. The van der Waals surface area contributed by atoms with Crippen LogP contribution in [0.2, 0.25) is 5.02 Å². The number of rotatable bonds is 5. The molecule has 0 radical (unpaired) electrons. The molecular formula is C15H20ClNO2S. The van der Waals surface area contributed by atoms with Gasteiger partial charge in [0, 0.05) is 27.6 Å². The van der Waals surface area contributed by atoms with Crippen LogP contribution in [0.3, 0.4) is 0 Å². The summed E-state index contributed by atoms with van der Waals surface area (Å²) in [5.41, 5.74) is 0.938. The maximum absolute atomic E-state index is 12.2. The third-order valence-electron chi connectivity index (χ3n) is 3.69. The zero-order valence-electron chi connectivity index (χ0n) is 11.6. The number of hydrogen-bond acceptors (Lipinski definition) is 2. The molecule has 0 spiro atoms. The van der Waals surface area contributed by atoms with E-state index in [0.717, 1.165) is 18.4 Å². The summed E-state index contributed by atoms with van der Waals surface area (Å²) in [4.78, 5) is 12.1. The Bertz CT molecular complexity index is 483. The molecule has 1 saturated carbocycles. The van der Waals surface area contributed by atoms with Crippen molar-refractivity contribution in [2.45, 2.75) is 49.7 Å². The van der Waals surface area contributed by atoms with E-state index in [-0.39, 0.29) is 11.9 Å². The Morgan fingerprint density at radius 1 is 1.35 bits per heavy atom. The van der Waals surface area contributed by atoms with Gasteiger partial charge in [-0.05, 0) is 37.5 Å². The van der Waals surface area contributed by atoms with E-state index in [1.165, 1.54) is 12.8 Å². The van der Waals surface area contributed by atoms with Crippen LogP contribution in [-0.2, 0) is 21.3 Å². The molecule has 20 heavy (non-hydrogen) atoms. The van der Waals surface area contributed by atoms with Crippen LogP contribution in [0.25, 0.3) is 0 Å². The molecule has 5 heteroatoms. The lowest BCUT2D eigenvalue weighted by molar-refractivity contribution is -0.121. The third-order valence-corrected chi connectivity index (χ3v) is 5.56. The monoisotopic (exact) mass is 313 g/mol. The first-order valence-corrected chi connectivity index (χ1v) is 8.74. The van der Waals surface area contributed by atoms with Crippen molar-refractivity contribution < 1.29 is 9.00 Å². The minimum absolute atomic E-state index is 0.0933. The van der Waals surface area contributed by atoms with E-state index in [0.29, 0.717) is 10.8 Å². The van der Waals surface area contributed by atoms with E-state index < -0.39 is 16.0 Å². The highest BCUT2D eigenvalue weighted by Crippen LogP contribution is 2.18. The number of carbonyl (C=O) groups excluding carboxylic acids is 1. The first kappa shape index (κ1) is 15.5. The van der Waals surface area contributed by atoms with Crippen LogP contribution in [0.15, 0.2) is 24.3 Å². The van der Waals surface area contributed by atoms with Crippen LogP contribution in [0.1, 0.15) is 38.2 Å². The normalized spacial score (nSPS) is 18.7. The highest BCUT2D eigenvalue weighted by Gasteiger charge is 2.24. The fraction of sp³-hybridized carbons (Fsp3) is 0.533. The lowest BCUT2D eigenvalue weighted by Crippen LogP contribution is -2.40. The third kappa shape index (κ3) is 4.32. The molecule has 3 nitrogen and oxygen atoms in total. The summed E-state index contributed by atoms with van der Waals surface area (Å²) in [6.07, 6.45) is 4.44. The summed E-state index contributed by atoms with van der Waals surface area (Å²) < 4.78 is 12.2. The number of amides is 1. The molecule has 2 rings (SSSR count). The molecule has 2 atom stereocenters. The second-order valence-electron chi connectivity index (χ2n) is 5.28. The van der Waals surface area contributed by atoms with E-state index in [1.807, 2.05) is 12.1 Å². The number of hydrogen-bond donors (Lipinski definition) is 1. The highest BCUT2D eigenvalue weighted by molar-refractivity contribution is 7.85. The van der Waals surface area contributed by atoms with Crippen molar-refractivity contribution in [1.29, 1.82) is 0 Å². The molecule has 1 N–H and O–H groups in total. The molecule has 1 amide bonds. The molecule has 1 aliphatic rings. The average molecular weight is 314 g/mol. The summed E-state index contributed by atoms with van der Waals surface area (Å²) in [7, 11) is -1.21. The molecule has 0 bridgehead atoms. The van der Waals surface area contributed by atoms with Crippen molar-refractivity contribution in [3.05, 3.63) is 34.9 Å². The SMILES string of the molecule is C[C@H](C(=O)NC1CCCC1)[S@](=O)Cc1ccc(Cl)cc1. The van der Waals surface area contributed by atoms with E-state index in [9.17, 15) is 9.00 Å². The number of benzene rings is 1. The fourth-order valence-corrected chi connectivity index (χ4v) is 3.58. The van der Waals surface area contributed by atoms with Gasteiger partial charge in [0.2, 0.25) is 5.91 Å². The lowest BCUT2D eigenvalue weighted by Gasteiger charge is -2.16. The van der Waals surface area contributed by atoms with Gasteiger partial charge in [-0.3, -0.25) is 9.00 Å². The van der Waals surface area contributed by atoms with Crippen molar-refractivity contribution in [3.8, 4) is 0 Å². The largest absolute Gasteiger partial charge is 0.352 e. The molecule has 1 aliphatic carbocycles. The van der Waals surface area contributed by atoms with Crippen LogP contribution in [0, 0.1) is 0 Å². The zero-order valence-corrected chi connectivity index (χ0v) is 13.2. The predicted octanol–water partition coefficient (Wildman–Crippen LogP) is 3.04. The zero-order chi connectivity index (χ0) is 14.5. The van der Waals surface area contributed by atoms with Crippen molar-refractivity contribution in [2.75, 3.05) is 0 Å². The Hall–Kier alpha value is -0.870. The van der Waals surface area contributed by atoms with Gasteiger partial charge in [-0.1, -0.05) is 36.6 Å². The second-order valence-corrected chi connectivity index (χ2v) is 7.48. The van der Waals surface area contributed by atoms with Crippen molar-refractivity contribution in [1.82, 2.24) is 5.32 Å². The van der Waals surface area contributed by atoms with Crippen molar-refractivity contribution in [3.63, 3.8) is 0 Å². The molecular weight excluding hydrogens is 294 g/mol. The van der Waals surface area contributed by atoms with E-state index in [4.69, 9.17) is 11.6 Å². The molecule has 1 fully saturated rings. The minimum atomic E-state index is -1.21. The van der Waals surface area contributed by atoms with E-state index >= 15 is 0 Å². The Morgan fingerprint density at radius 3 is 2.55 bits per heavy atom. The molecule has 0 heterocycles. The standard InChI is InChI=1S/C15H20ClNO2S/c1-11(15(18)17-14-4-2-3-5-14)20(19)10-12-6-8-13(16)9-7-12/h6-9,11,14H,2-5,10H2,1H3,(H,17,18)/t11-,20-/m1/s1. The quantitative estimate of drug-likeness (QED) is 0.908. The van der Waals surface area contributed by atoms with Crippen LogP contribution in [-0.4, -0.2) is 21.4 Å². The Balaban J connectivity index is 1.87. The van der Waals surface area contributed by atoms with Gasteiger partial charge in [-0.15, -0.1) is 0 Å². The van der Waals surface area contributed by atoms with Crippen LogP contribution < -0.4 is 5.32 Å². The fourth-order valence-electron chi connectivity index (χ4n) is 2.38. The average Bonchev–Trinajstić information content (AvgIpc) is 2.93. The smallest absolute Gasteiger partial charge is 0.235 e. The van der Waals surface area contributed by atoms with E-state index in [1.54, 1.807) is 19.1 Å².